The molecular weight excluding hydrogens is 416 g/mol. The molecule has 0 aliphatic carbocycles. The highest BCUT2D eigenvalue weighted by atomic mass is 35.5. The molecule has 2 saturated heterocycles. The van der Waals surface area contributed by atoms with Gasteiger partial charge in [0.25, 0.3) is 11.8 Å². The Hall–Kier alpha value is -3.06. The standard InChI is InChI=1S/C23H25ClN4O3/c1-26(2)19-5-3-4-17(14-19)20(29)27-12-10-23(11-13-27)21(30)28(22(31)25-23)15-16-6-8-18(24)9-7-16/h3-9,14H,10-13,15H2,1-2H3,(H,25,31). The van der Waals surface area contributed by atoms with E-state index in [1.807, 2.05) is 37.2 Å². The highest BCUT2D eigenvalue weighted by Crippen LogP contribution is 2.31. The van der Waals surface area contributed by atoms with E-state index in [0.29, 0.717) is 36.5 Å². The summed E-state index contributed by atoms with van der Waals surface area (Å²) < 4.78 is 0. The maximum Gasteiger partial charge on any atom is 0.325 e. The molecule has 0 unspecified atom stereocenters. The Morgan fingerprint density at radius 1 is 1.10 bits per heavy atom. The Morgan fingerprint density at radius 3 is 2.42 bits per heavy atom. The Labute approximate surface area is 186 Å². The van der Waals surface area contributed by atoms with E-state index in [0.717, 1.165) is 11.3 Å². The fourth-order valence-corrected chi connectivity index (χ4v) is 4.25. The number of amides is 4. The molecule has 1 N–H and O–H groups in total. The fourth-order valence-electron chi connectivity index (χ4n) is 4.12. The second-order valence-electron chi connectivity index (χ2n) is 8.27. The Morgan fingerprint density at radius 2 is 1.77 bits per heavy atom. The van der Waals surface area contributed by atoms with Crippen molar-refractivity contribution < 1.29 is 14.4 Å². The van der Waals surface area contributed by atoms with Gasteiger partial charge in [0.15, 0.2) is 0 Å². The summed E-state index contributed by atoms with van der Waals surface area (Å²) in [4.78, 5) is 43.6. The molecule has 4 rings (SSSR count). The first-order valence-electron chi connectivity index (χ1n) is 10.2. The summed E-state index contributed by atoms with van der Waals surface area (Å²) in [6, 6.07) is 14.2. The van der Waals surface area contributed by atoms with E-state index in [4.69, 9.17) is 11.6 Å². The zero-order chi connectivity index (χ0) is 22.2. The average Bonchev–Trinajstić information content (AvgIpc) is 2.99. The number of rotatable bonds is 4. The lowest BCUT2D eigenvalue weighted by atomic mass is 9.87. The van der Waals surface area contributed by atoms with Crippen LogP contribution in [0.3, 0.4) is 0 Å². The zero-order valence-corrected chi connectivity index (χ0v) is 18.4. The Bertz CT molecular complexity index is 1010. The number of urea groups is 1. The molecule has 0 bridgehead atoms. The van der Waals surface area contributed by atoms with Crippen molar-refractivity contribution in [3.63, 3.8) is 0 Å². The van der Waals surface area contributed by atoms with Crippen LogP contribution in [0.2, 0.25) is 5.02 Å². The van der Waals surface area contributed by atoms with Crippen molar-refractivity contribution in [2.24, 2.45) is 0 Å². The lowest BCUT2D eigenvalue weighted by Crippen LogP contribution is -2.55. The highest BCUT2D eigenvalue weighted by molar-refractivity contribution is 6.30. The monoisotopic (exact) mass is 440 g/mol. The number of nitrogens with one attached hydrogen (secondary N) is 1. The number of piperidine rings is 1. The number of carbonyl (C=O) groups excluding carboxylic acids is 3. The van der Waals surface area contributed by atoms with Gasteiger partial charge < -0.3 is 15.1 Å². The molecule has 8 heteroatoms. The summed E-state index contributed by atoms with van der Waals surface area (Å²) in [5, 5.41) is 3.49. The second-order valence-corrected chi connectivity index (χ2v) is 8.70. The van der Waals surface area contributed by atoms with Gasteiger partial charge in [-0.25, -0.2) is 4.79 Å². The van der Waals surface area contributed by atoms with Crippen molar-refractivity contribution in [1.82, 2.24) is 15.1 Å². The van der Waals surface area contributed by atoms with Crippen LogP contribution in [0, 0.1) is 0 Å². The van der Waals surface area contributed by atoms with Crippen LogP contribution in [-0.2, 0) is 11.3 Å². The zero-order valence-electron chi connectivity index (χ0n) is 17.6. The lowest BCUT2D eigenvalue weighted by Gasteiger charge is -2.37. The number of anilines is 1. The summed E-state index contributed by atoms with van der Waals surface area (Å²) in [5.41, 5.74) is 1.47. The van der Waals surface area contributed by atoms with Crippen molar-refractivity contribution in [3.8, 4) is 0 Å². The van der Waals surface area contributed by atoms with Gasteiger partial charge in [-0.1, -0.05) is 29.8 Å². The predicted molar refractivity (Wildman–Crippen MR) is 119 cm³/mol. The summed E-state index contributed by atoms with van der Waals surface area (Å²) in [7, 11) is 3.86. The van der Waals surface area contributed by atoms with E-state index in [2.05, 4.69) is 5.32 Å². The summed E-state index contributed by atoms with van der Waals surface area (Å²) in [6.45, 7) is 1.02. The molecule has 162 valence electrons. The van der Waals surface area contributed by atoms with Crippen LogP contribution < -0.4 is 10.2 Å². The quantitative estimate of drug-likeness (QED) is 0.741. The SMILES string of the molecule is CN(C)c1cccc(C(=O)N2CCC3(CC2)NC(=O)N(Cc2ccc(Cl)cc2)C3=O)c1. The first-order valence-corrected chi connectivity index (χ1v) is 10.6. The van der Waals surface area contributed by atoms with E-state index in [1.165, 1.54) is 4.90 Å². The molecule has 2 aliphatic rings. The number of imide groups is 1. The third-order valence-electron chi connectivity index (χ3n) is 6.01. The van der Waals surface area contributed by atoms with Crippen LogP contribution in [0.25, 0.3) is 0 Å². The van der Waals surface area contributed by atoms with Gasteiger partial charge in [-0.3, -0.25) is 14.5 Å². The molecule has 7 nitrogen and oxygen atoms in total. The lowest BCUT2D eigenvalue weighted by molar-refractivity contribution is -0.133. The summed E-state index contributed by atoms with van der Waals surface area (Å²) in [5.74, 6) is -0.289. The molecule has 1 spiro atoms. The molecule has 0 saturated carbocycles. The number of carbonyl (C=O) groups is 3. The van der Waals surface area contributed by atoms with Crippen LogP contribution >= 0.6 is 11.6 Å². The van der Waals surface area contributed by atoms with Gasteiger partial charge in [0.1, 0.15) is 5.54 Å². The topological polar surface area (TPSA) is 73.0 Å². The average molecular weight is 441 g/mol. The second kappa shape index (κ2) is 8.23. The number of hydrogen-bond acceptors (Lipinski definition) is 4. The van der Waals surface area contributed by atoms with Gasteiger partial charge in [0.2, 0.25) is 0 Å². The van der Waals surface area contributed by atoms with Crippen molar-refractivity contribution in [1.29, 1.82) is 0 Å². The highest BCUT2D eigenvalue weighted by Gasteiger charge is 2.52. The summed E-state index contributed by atoms with van der Waals surface area (Å²) >= 11 is 5.92. The number of halogens is 1. The van der Waals surface area contributed by atoms with Crippen molar-refractivity contribution in [2.45, 2.75) is 24.9 Å². The minimum absolute atomic E-state index is 0.0617. The Kier molecular flexibility index (Phi) is 5.62. The maximum absolute atomic E-state index is 13.1. The van der Waals surface area contributed by atoms with Gasteiger partial charge in [-0.2, -0.15) is 0 Å². The number of benzene rings is 2. The Balaban J connectivity index is 1.43. The number of likely N-dealkylation sites (tertiary alicyclic amines) is 1. The van der Waals surface area contributed by atoms with Crippen LogP contribution in [0.4, 0.5) is 10.5 Å². The van der Waals surface area contributed by atoms with E-state index in [1.54, 1.807) is 35.2 Å². The van der Waals surface area contributed by atoms with Gasteiger partial charge in [0, 0.05) is 43.5 Å². The first kappa shape index (κ1) is 21.2. The van der Waals surface area contributed by atoms with Crippen LogP contribution in [0.5, 0.6) is 0 Å². The van der Waals surface area contributed by atoms with E-state index in [-0.39, 0.29) is 18.4 Å². The summed E-state index contributed by atoms with van der Waals surface area (Å²) in [6.07, 6.45) is 0.793. The predicted octanol–water partition coefficient (Wildman–Crippen LogP) is 3.13. The molecule has 0 aromatic heterocycles. The van der Waals surface area contributed by atoms with Crippen molar-refractivity contribution in [2.75, 3.05) is 32.1 Å². The van der Waals surface area contributed by atoms with Gasteiger partial charge >= 0.3 is 6.03 Å². The molecule has 31 heavy (non-hydrogen) atoms. The maximum atomic E-state index is 13.1. The van der Waals surface area contributed by atoms with Gasteiger partial charge in [-0.15, -0.1) is 0 Å². The molecule has 2 aromatic carbocycles. The molecule has 0 atom stereocenters. The van der Waals surface area contributed by atoms with Gasteiger partial charge in [-0.05, 0) is 48.7 Å². The number of nitrogens with zero attached hydrogens (tertiary/aromatic N) is 3. The minimum atomic E-state index is -0.939. The van der Waals surface area contributed by atoms with Crippen molar-refractivity contribution >= 4 is 35.1 Å². The molecular formula is C23H25ClN4O3. The van der Waals surface area contributed by atoms with Crippen LogP contribution in [0.15, 0.2) is 48.5 Å². The van der Waals surface area contributed by atoms with Gasteiger partial charge in [0.05, 0.1) is 6.54 Å². The van der Waals surface area contributed by atoms with Crippen LogP contribution in [0.1, 0.15) is 28.8 Å². The van der Waals surface area contributed by atoms with Crippen LogP contribution in [-0.4, -0.2) is 60.4 Å². The first-order chi connectivity index (χ1) is 14.8. The molecule has 2 heterocycles. The molecule has 4 amide bonds. The minimum Gasteiger partial charge on any atom is -0.378 e. The fraction of sp³-hybridized carbons (Fsp3) is 0.348. The largest absolute Gasteiger partial charge is 0.378 e. The van der Waals surface area contributed by atoms with E-state index >= 15 is 0 Å². The molecule has 2 aliphatic heterocycles. The third kappa shape index (κ3) is 4.10. The number of hydrogen-bond donors (Lipinski definition) is 1. The molecule has 2 fully saturated rings. The van der Waals surface area contributed by atoms with E-state index < -0.39 is 11.6 Å². The third-order valence-corrected chi connectivity index (χ3v) is 6.27. The molecule has 0 radical (unpaired) electrons. The smallest absolute Gasteiger partial charge is 0.325 e. The normalized spacial score (nSPS) is 17.8. The molecule has 2 aromatic rings. The van der Waals surface area contributed by atoms with E-state index in [9.17, 15) is 14.4 Å². The van der Waals surface area contributed by atoms with Crippen molar-refractivity contribution in [3.05, 3.63) is 64.7 Å².